The molecule has 94 valence electrons. The maximum atomic E-state index is 12.0. The molecule has 2 nitrogen and oxygen atoms in total. The first kappa shape index (κ1) is 12.8. The predicted octanol–water partition coefficient (Wildman–Crippen LogP) is 3.39. The maximum absolute atomic E-state index is 12.0. The Labute approximate surface area is 109 Å². The van der Waals surface area contributed by atoms with E-state index < -0.39 is 0 Å². The molecule has 0 heterocycles. The quantitative estimate of drug-likeness (QED) is 0.594. The molecule has 0 aliphatic heterocycles. The Kier molecular flexibility index (Phi) is 3.80. The molecule has 0 aliphatic rings. The molecule has 2 rings (SSSR count). The first-order valence-electron chi connectivity index (χ1n) is 6.20. The molecule has 2 aromatic rings. The molecule has 0 amide bonds. The Morgan fingerprint density at radius 2 is 1.22 bits per heavy atom. The van der Waals surface area contributed by atoms with Crippen LogP contribution in [0.3, 0.4) is 0 Å². The minimum Gasteiger partial charge on any atom is -0.633 e. The number of hydrogen-bond donors (Lipinski definition) is 0. The van der Waals surface area contributed by atoms with Crippen molar-refractivity contribution in [3.8, 4) is 0 Å². The Hall–Kier alpha value is -1.64. The lowest BCUT2D eigenvalue weighted by molar-refractivity contribution is -0.840. The van der Waals surface area contributed by atoms with Crippen LogP contribution in [0, 0.1) is 5.21 Å². The topological polar surface area (TPSA) is 23.1 Å². The Bertz CT molecular complexity index is 434. The van der Waals surface area contributed by atoms with Crippen molar-refractivity contribution >= 4 is 0 Å². The summed E-state index contributed by atoms with van der Waals surface area (Å²) < 4.78 is -0.283. The zero-order chi connectivity index (χ0) is 13.0. The van der Waals surface area contributed by atoms with Gasteiger partial charge in [-0.25, -0.2) is 0 Å². The van der Waals surface area contributed by atoms with Crippen LogP contribution in [0.1, 0.15) is 17.0 Å². The van der Waals surface area contributed by atoms with Crippen LogP contribution in [-0.4, -0.2) is 25.3 Å². The lowest BCUT2D eigenvalue weighted by Gasteiger charge is -2.37. The van der Waals surface area contributed by atoms with E-state index in [9.17, 15) is 5.21 Å². The number of benzene rings is 2. The molecule has 0 bridgehead atoms. The molecule has 0 unspecified atom stereocenters. The summed E-state index contributed by atoms with van der Waals surface area (Å²) in [4.78, 5) is 0. The van der Waals surface area contributed by atoms with E-state index in [2.05, 4.69) is 24.3 Å². The van der Waals surface area contributed by atoms with Crippen molar-refractivity contribution in [3.63, 3.8) is 0 Å². The highest BCUT2D eigenvalue weighted by Gasteiger charge is 2.19. The van der Waals surface area contributed by atoms with Crippen molar-refractivity contribution in [2.24, 2.45) is 0 Å². The Balaban J connectivity index is 2.36. The average Bonchev–Trinajstić information content (AvgIpc) is 2.37. The minimum absolute atomic E-state index is 0.153. The van der Waals surface area contributed by atoms with Gasteiger partial charge < -0.3 is 9.85 Å². The van der Waals surface area contributed by atoms with E-state index in [1.165, 1.54) is 11.1 Å². The van der Waals surface area contributed by atoms with Crippen molar-refractivity contribution in [1.82, 2.24) is 0 Å². The van der Waals surface area contributed by atoms with Crippen molar-refractivity contribution in [2.75, 3.05) is 20.6 Å². The molecule has 2 heteroatoms. The number of nitrogens with zero attached hydrogens (tertiary/aromatic N) is 1. The van der Waals surface area contributed by atoms with Gasteiger partial charge in [0.2, 0.25) is 0 Å². The van der Waals surface area contributed by atoms with E-state index in [0.29, 0.717) is 6.54 Å². The number of hydrogen-bond acceptors (Lipinski definition) is 1. The number of likely N-dealkylation sites (N-methyl/N-ethyl adjacent to an activating group) is 1. The molecule has 18 heavy (non-hydrogen) atoms. The van der Waals surface area contributed by atoms with Crippen LogP contribution in [0.15, 0.2) is 60.7 Å². The summed E-state index contributed by atoms with van der Waals surface area (Å²) in [5.41, 5.74) is 2.40. The zero-order valence-corrected chi connectivity index (χ0v) is 10.9. The maximum Gasteiger partial charge on any atom is 0.0890 e. The number of hydroxylamine groups is 3. The fourth-order valence-corrected chi connectivity index (χ4v) is 2.21. The third-order valence-electron chi connectivity index (χ3n) is 3.03. The third-order valence-corrected chi connectivity index (χ3v) is 3.03. The van der Waals surface area contributed by atoms with Gasteiger partial charge >= 0.3 is 0 Å². The molecule has 2 aromatic carbocycles. The average molecular weight is 241 g/mol. The second-order valence-electron chi connectivity index (χ2n) is 5.13. The molecule has 0 radical (unpaired) electrons. The summed E-state index contributed by atoms with van der Waals surface area (Å²) in [7, 11) is 3.39. The summed E-state index contributed by atoms with van der Waals surface area (Å²) in [6.07, 6.45) is 0. The molecule has 0 aliphatic carbocycles. The van der Waals surface area contributed by atoms with Crippen molar-refractivity contribution < 1.29 is 4.65 Å². The van der Waals surface area contributed by atoms with Gasteiger partial charge in [0.1, 0.15) is 0 Å². The molecular weight excluding hydrogens is 222 g/mol. The van der Waals surface area contributed by atoms with Crippen LogP contribution in [0.25, 0.3) is 0 Å². The number of quaternary nitrogens is 1. The van der Waals surface area contributed by atoms with Crippen molar-refractivity contribution in [2.45, 2.75) is 5.92 Å². The van der Waals surface area contributed by atoms with Gasteiger partial charge in [0, 0.05) is 0 Å². The fraction of sp³-hybridized carbons (Fsp3) is 0.250. The van der Waals surface area contributed by atoms with E-state index in [1.807, 2.05) is 36.4 Å². The molecule has 0 fully saturated rings. The standard InChI is InChI=1S/C16H19NO/c1-17(2,18)13-16(14-9-5-3-6-10-14)15-11-7-4-8-12-15/h3-12,16H,13H2,1-2H3. The van der Waals surface area contributed by atoms with Crippen LogP contribution in [-0.2, 0) is 0 Å². The van der Waals surface area contributed by atoms with Gasteiger partial charge in [-0.05, 0) is 11.1 Å². The molecule has 0 spiro atoms. The summed E-state index contributed by atoms with van der Waals surface area (Å²) >= 11 is 0. The fourth-order valence-electron chi connectivity index (χ4n) is 2.21. The van der Waals surface area contributed by atoms with E-state index >= 15 is 0 Å². The van der Waals surface area contributed by atoms with Crippen LogP contribution < -0.4 is 0 Å². The largest absolute Gasteiger partial charge is 0.633 e. The zero-order valence-electron chi connectivity index (χ0n) is 10.9. The van der Waals surface area contributed by atoms with E-state index in [0.717, 1.165) is 0 Å². The van der Waals surface area contributed by atoms with Gasteiger partial charge in [-0.15, -0.1) is 0 Å². The second kappa shape index (κ2) is 5.34. The van der Waals surface area contributed by atoms with Gasteiger partial charge in [-0.3, -0.25) is 0 Å². The smallest absolute Gasteiger partial charge is 0.0890 e. The summed E-state index contributed by atoms with van der Waals surface area (Å²) in [6, 6.07) is 20.5. The second-order valence-corrected chi connectivity index (χ2v) is 5.13. The van der Waals surface area contributed by atoms with Gasteiger partial charge in [-0.1, -0.05) is 60.7 Å². The SMILES string of the molecule is C[N+](C)([O-])CC(c1ccccc1)c1ccccc1. The summed E-state index contributed by atoms with van der Waals surface area (Å²) in [6.45, 7) is 0.550. The molecule has 0 atom stereocenters. The first-order chi connectivity index (χ1) is 8.56. The predicted molar refractivity (Wildman–Crippen MR) is 75.1 cm³/mol. The number of rotatable bonds is 4. The van der Waals surface area contributed by atoms with Gasteiger partial charge in [0.05, 0.1) is 26.6 Å². The lowest BCUT2D eigenvalue weighted by Crippen LogP contribution is -2.36. The van der Waals surface area contributed by atoms with Crippen molar-refractivity contribution in [1.29, 1.82) is 0 Å². The summed E-state index contributed by atoms with van der Waals surface area (Å²) in [5, 5.41) is 12.0. The summed E-state index contributed by atoms with van der Waals surface area (Å²) in [5.74, 6) is 0.153. The van der Waals surface area contributed by atoms with Gasteiger partial charge in [0.25, 0.3) is 0 Å². The van der Waals surface area contributed by atoms with Crippen LogP contribution in [0.5, 0.6) is 0 Å². The van der Waals surface area contributed by atoms with Crippen molar-refractivity contribution in [3.05, 3.63) is 77.0 Å². The monoisotopic (exact) mass is 241 g/mol. The van der Waals surface area contributed by atoms with Crippen LogP contribution in [0.2, 0.25) is 0 Å². The minimum atomic E-state index is -0.283. The Morgan fingerprint density at radius 1 is 0.833 bits per heavy atom. The highest BCUT2D eigenvalue weighted by molar-refractivity contribution is 5.32. The lowest BCUT2D eigenvalue weighted by atomic mass is 9.91. The van der Waals surface area contributed by atoms with E-state index in [4.69, 9.17) is 0 Å². The first-order valence-corrected chi connectivity index (χ1v) is 6.20. The molecular formula is C16H19NO. The van der Waals surface area contributed by atoms with Crippen LogP contribution in [0.4, 0.5) is 0 Å². The molecule has 0 N–H and O–H groups in total. The molecule has 0 saturated carbocycles. The van der Waals surface area contributed by atoms with Crippen LogP contribution >= 0.6 is 0 Å². The third kappa shape index (κ3) is 3.42. The highest BCUT2D eigenvalue weighted by atomic mass is 16.5. The van der Waals surface area contributed by atoms with Gasteiger partial charge in [0.15, 0.2) is 0 Å². The molecule has 0 aromatic heterocycles. The van der Waals surface area contributed by atoms with E-state index in [-0.39, 0.29) is 10.6 Å². The van der Waals surface area contributed by atoms with Gasteiger partial charge in [-0.2, -0.15) is 0 Å². The molecule has 0 saturated heterocycles. The normalized spacial score (nSPS) is 11.8. The highest BCUT2D eigenvalue weighted by Crippen LogP contribution is 2.26. The Morgan fingerprint density at radius 3 is 1.56 bits per heavy atom. The van der Waals surface area contributed by atoms with E-state index in [1.54, 1.807) is 14.1 Å².